The maximum absolute atomic E-state index is 14.1. The molecule has 42 heavy (non-hydrogen) atoms. The minimum absolute atomic E-state index is 0.00468. The molecule has 0 aromatic heterocycles. The van der Waals surface area contributed by atoms with E-state index in [1.54, 1.807) is 25.1 Å². The molecule has 2 aromatic carbocycles. The number of cyclic esters (lactones) is 1. The predicted octanol–water partition coefficient (Wildman–Crippen LogP) is 0.924. The van der Waals surface area contributed by atoms with Crippen LogP contribution in [0.1, 0.15) is 36.5 Å². The minimum Gasteiger partial charge on any atom is -0.433 e. The Morgan fingerprint density at radius 2 is 1.76 bits per heavy atom. The standard InChI is InChI=1S/C29H34N4O8S/c1-3-40-29-23(15-25(34)41-29)31-27(36)24-17-32(42(2,38)39)16-19-11-5-7-14-22(28(37)33(19)24)30-26(35)21-13-8-10-18-9-4-6-12-20(18)21/h4-10,12-13,19,22-24,29H,3,11,14-17H2,1-2H3,(H,30,35)(H,31,36)/t19-,22-,23?,24-,29?/m0/s1. The van der Waals surface area contributed by atoms with Gasteiger partial charge < -0.3 is 25.0 Å². The number of ether oxygens (including phenoxy) is 2. The molecule has 2 N–H and O–H groups in total. The number of hydrogen-bond acceptors (Lipinski definition) is 8. The Balaban J connectivity index is 1.43. The van der Waals surface area contributed by atoms with Crippen LogP contribution in [0.15, 0.2) is 54.6 Å². The Morgan fingerprint density at radius 1 is 1.02 bits per heavy atom. The first-order valence-corrected chi connectivity index (χ1v) is 15.7. The number of esters is 1. The van der Waals surface area contributed by atoms with E-state index >= 15 is 0 Å². The summed E-state index contributed by atoms with van der Waals surface area (Å²) < 4.78 is 37.0. The summed E-state index contributed by atoms with van der Waals surface area (Å²) in [4.78, 5) is 54.6. The minimum atomic E-state index is -3.71. The van der Waals surface area contributed by atoms with Crippen molar-refractivity contribution in [3.8, 4) is 0 Å². The third kappa shape index (κ3) is 6.18. The average molecular weight is 599 g/mol. The van der Waals surface area contributed by atoms with Crippen LogP contribution in [-0.4, -0.2) is 97.7 Å². The zero-order valence-electron chi connectivity index (χ0n) is 23.4. The van der Waals surface area contributed by atoms with Gasteiger partial charge in [-0.3, -0.25) is 19.2 Å². The highest BCUT2D eigenvalue weighted by Crippen LogP contribution is 2.26. The molecule has 2 fully saturated rings. The van der Waals surface area contributed by atoms with Gasteiger partial charge in [-0.05, 0) is 36.6 Å². The van der Waals surface area contributed by atoms with Crippen molar-refractivity contribution < 1.29 is 37.1 Å². The van der Waals surface area contributed by atoms with Crippen molar-refractivity contribution in [2.24, 2.45) is 0 Å². The fourth-order valence-corrected chi connectivity index (χ4v) is 6.58. The Hall–Kier alpha value is -3.81. The van der Waals surface area contributed by atoms with Crippen molar-refractivity contribution >= 4 is 44.5 Å². The van der Waals surface area contributed by atoms with Crippen LogP contribution in [0.25, 0.3) is 10.8 Å². The summed E-state index contributed by atoms with van der Waals surface area (Å²) >= 11 is 0. The maximum Gasteiger partial charge on any atom is 0.310 e. The van der Waals surface area contributed by atoms with Crippen LogP contribution in [0, 0.1) is 0 Å². The highest BCUT2D eigenvalue weighted by molar-refractivity contribution is 7.88. The fraction of sp³-hybridized carbons (Fsp3) is 0.448. The smallest absolute Gasteiger partial charge is 0.310 e. The molecule has 2 unspecified atom stereocenters. The molecule has 0 bridgehead atoms. The number of nitrogens with zero attached hydrogens (tertiary/aromatic N) is 2. The Bertz CT molecular complexity index is 1520. The van der Waals surface area contributed by atoms with Crippen LogP contribution < -0.4 is 10.6 Å². The molecule has 0 spiro atoms. The molecule has 0 radical (unpaired) electrons. The summed E-state index contributed by atoms with van der Waals surface area (Å²) in [6.07, 6.45) is 4.07. The predicted molar refractivity (Wildman–Crippen MR) is 152 cm³/mol. The third-order valence-electron chi connectivity index (χ3n) is 7.75. The molecule has 3 aliphatic rings. The fourth-order valence-electron chi connectivity index (χ4n) is 5.73. The Labute approximate surface area is 244 Å². The van der Waals surface area contributed by atoms with E-state index < -0.39 is 64.2 Å². The van der Waals surface area contributed by atoms with Crippen LogP contribution in [0.4, 0.5) is 0 Å². The molecule has 13 heteroatoms. The van der Waals surface area contributed by atoms with Gasteiger partial charge in [0.25, 0.3) is 5.91 Å². The zero-order valence-corrected chi connectivity index (χ0v) is 24.2. The molecule has 224 valence electrons. The third-order valence-corrected chi connectivity index (χ3v) is 8.99. The average Bonchev–Trinajstić information content (AvgIpc) is 3.30. The van der Waals surface area contributed by atoms with Gasteiger partial charge in [0, 0.05) is 31.3 Å². The molecular formula is C29H34N4O8S. The Morgan fingerprint density at radius 3 is 2.52 bits per heavy atom. The molecular weight excluding hydrogens is 564 g/mol. The first-order chi connectivity index (χ1) is 20.1. The van der Waals surface area contributed by atoms with E-state index in [-0.39, 0.29) is 32.5 Å². The number of nitrogens with one attached hydrogen (secondary N) is 2. The van der Waals surface area contributed by atoms with E-state index in [1.807, 2.05) is 36.4 Å². The molecule has 3 aliphatic heterocycles. The van der Waals surface area contributed by atoms with E-state index in [0.29, 0.717) is 12.0 Å². The molecule has 12 nitrogen and oxygen atoms in total. The molecule has 2 aromatic rings. The number of rotatable bonds is 7. The molecule has 5 atom stereocenters. The number of hydrogen-bond donors (Lipinski definition) is 2. The van der Waals surface area contributed by atoms with Gasteiger partial charge in [-0.25, -0.2) is 8.42 Å². The van der Waals surface area contributed by atoms with Crippen molar-refractivity contribution in [1.29, 1.82) is 0 Å². The SMILES string of the molecule is CCOC1OC(=O)CC1NC(=O)[C@@H]1CN(S(C)(=O)=O)C[C@@H]2CC=CC[C@H](NC(=O)c3cccc4ccccc34)C(=O)N21. The molecule has 5 rings (SSSR count). The van der Waals surface area contributed by atoms with E-state index in [2.05, 4.69) is 10.6 Å². The maximum atomic E-state index is 14.1. The number of carbonyl (C=O) groups excluding carboxylic acids is 4. The first kappa shape index (κ1) is 29.7. The largest absolute Gasteiger partial charge is 0.433 e. The number of fused-ring (bicyclic) bond motifs is 2. The van der Waals surface area contributed by atoms with E-state index in [0.717, 1.165) is 17.0 Å². The van der Waals surface area contributed by atoms with Gasteiger partial charge >= 0.3 is 5.97 Å². The lowest BCUT2D eigenvalue weighted by atomic mass is 9.97. The lowest BCUT2D eigenvalue weighted by molar-refractivity contribution is -0.165. The van der Waals surface area contributed by atoms with Crippen LogP contribution in [-0.2, 0) is 33.9 Å². The quantitative estimate of drug-likeness (QED) is 0.353. The highest BCUT2D eigenvalue weighted by atomic mass is 32.2. The number of amides is 3. The first-order valence-electron chi connectivity index (χ1n) is 13.9. The summed E-state index contributed by atoms with van der Waals surface area (Å²) in [6, 6.07) is 9.10. The number of benzene rings is 2. The number of sulfonamides is 1. The molecule has 3 heterocycles. The van der Waals surface area contributed by atoms with E-state index in [4.69, 9.17) is 9.47 Å². The summed E-state index contributed by atoms with van der Waals surface area (Å²) in [5, 5.41) is 7.21. The second-order valence-electron chi connectivity index (χ2n) is 10.6. The van der Waals surface area contributed by atoms with Crippen LogP contribution >= 0.6 is 0 Å². The van der Waals surface area contributed by atoms with Crippen molar-refractivity contribution in [2.45, 2.75) is 56.6 Å². The topological polar surface area (TPSA) is 151 Å². The lowest BCUT2D eigenvalue weighted by Crippen LogP contribution is -2.68. The molecule has 0 saturated carbocycles. The van der Waals surface area contributed by atoms with Gasteiger partial charge in [-0.1, -0.05) is 48.6 Å². The lowest BCUT2D eigenvalue weighted by Gasteiger charge is -2.46. The van der Waals surface area contributed by atoms with E-state index in [9.17, 15) is 27.6 Å². The molecule has 3 amide bonds. The van der Waals surface area contributed by atoms with Gasteiger partial charge in [0.1, 0.15) is 18.1 Å². The molecule has 0 aliphatic carbocycles. The zero-order chi connectivity index (χ0) is 30.0. The molecule has 2 saturated heterocycles. The van der Waals surface area contributed by atoms with Crippen LogP contribution in [0.5, 0.6) is 0 Å². The summed E-state index contributed by atoms with van der Waals surface area (Å²) in [5.41, 5.74) is 0.410. The van der Waals surface area contributed by atoms with Crippen molar-refractivity contribution in [3.63, 3.8) is 0 Å². The van der Waals surface area contributed by atoms with Gasteiger partial charge in [0.2, 0.25) is 28.1 Å². The van der Waals surface area contributed by atoms with Gasteiger partial charge in [0.15, 0.2) is 0 Å². The van der Waals surface area contributed by atoms with Gasteiger partial charge in [0.05, 0.1) is 12.7 Å². The second-order valence-corrected chi connectivity index (χ2v) is 12.6. The van der Waals surface area contributed by atoms with E-state index in [1.165, 1.54) is 9.21 Å². The summed E-state index contributed by atoms with van der Waals surface area (Å²) in [5.74, 6) is -2.11. The normalized spacial score (nSPS) is 26.7. The second kappa shape index (κ2) is 12.2. The number of carbonyl (C=O) groups is 4. The Kier molecular flexibility index (Phi) is 8.62. The highest BCUT2D eigenvalue weighted by Gasteiger charge is 2.47. The summed E-state index contributed by atoms with van der Waals surface area (Å²) in [6.45, 7) is 1.68. The van der Waals surface area contributed by atoms with Gasteiger partial charge in [-0.2, -0.15) is 4.31 Å². The van der Waals surface area contributed by atoms with Gasteiger partial charge in [-0.15, -0.1) is 0 Å². The number of piperazine rings is 1. The van der Waals surface area contributed by atoms with Crippen LogP contribution in [0.2, 0.25) is 0 Å². The summed E-state index contributed by atoms with van der Waals surface area (Å²) in [7, 11) is -3.71. The monoisotopic (exact) mass is 598 g/mol. The van der Waals surface area contributed by atoms with Crippen molar-refractivity contribution in [2.75, 3.05) is 26.0 Å². The van der Waals surface area contributed by atoms with Crippen molar-refractivity contribution in [1.82, 2.24) is 19.8 Å². The van der Waals surface area contributed by atoms with Crippen LogP contribution in [0.3, 0.4) is 0 Å². The van der Waals surface area contributed by atoms with Crippen molar-refractivity contribution in [3.05, 3.63) is 60.2 Å².